The van der Waals surface area contributed by atoms with Gasteiger partial charge in [-0.15, -0.1) is 0 Å². The molecule has 0 saturated carbocycles. The Balaban J connectivity index is 1.51. The van der Waals surface area contributed by atoms with E-state index >= 15 is 0 Å². The van der Waals surface area contributed by atoms with E-state index in [1.165, 1.54) is 0 Å². The minimum Gasteiger partial charge on any atom is -0.309 e. The van der Waals surface area contributed by atoms with Gasteiger partial charge in [-0.05, 0) is 102 Å². The molecular formula is C62H45N. The molecule has 12 rings (SSSR count). The number of benzene rings is 10. The molecule has 10 aromatic rings. The second-order valence-electron chi connectivity index (χ2n) is 13.8. The summed E-state index contributed by atoms with van der Waals surface area (Å²) >= 11 is 0. The number of anilines is 3. The van der Waals surface area contributed by atoms with Gasteiger partial charge in [0.25, 0.3) is 0 Å². The van der Waals surface area contributed by atoms with E-state index in [2.05, 4.69) is 0 Å². The monoisotopic (exact) mass is 849 g/mol. The van der Waals surface area contributed by atoms with Crippen molar-refractivity contribution in [1.29, 1.82) is 0 Å². The van der Waals surface area contributed by atoms with Crippen LogP contribution < -0.4 is 4.90 Å². The molecule has 0 heterocycles. The van der Waals surface area contributed by atoms with E-state index in [1.54, 1.807) is 0 Å². The zero-order valence-electron chi connectivity index (χ0n) is 76.4. The molecular weight excluding hydrogens is 759 g/mol. The Bertz CT molecular complexity index is 5710. The number of fused-ring (bicyclic) bond motifs is 7. The lowest BCUT2D eigenvalue weighted by Gasteiger charge is -2.35. The van der Waals surface area contributed by atoms with E-state index in [-0.39, 0.29) is 4.90 Å². The standard InChI is InChI=1S/C62H45N/c1-61(2)53-29-16-15-28-52(53)60-55(61)31-18-32-57(60)63(58-40-37-44-21-12-13-26-49(44)59(58)45-35-33-43(34-36-45)42-19-6-3-7-20-42)48-38-39-51-50-27-14-17-30-54(50)62(56(51)41-48,46-22-8-4-9-23-46)47-24-10-5-11-25-47/h3-41H,1-2H3/i1D3,2D3,3D,4D,5D,6D,7D,8D,9D,10D,11D,12D,13D,14D,15D,16D,17D,18D,19D,20D,21D,22D,23D,24D,25D,26D,27D,28D,29D,30D,31D,32D,33D,34D,35D,36D,37D,38D,39D,40D,41D. The van der Waals surface area contributed by atoms with Crippen molar-refractivity contribution in [3.8, 4) is 44.5 Å². The summed E-state index contributed by atoms with van der Waals surface area (Å²) in [5.41, 5.74) is -31.5. The summed E-state index contributed by atoms with van der Waals surface area (Å²) in [7, 11) is 0. The summed E-state index contributed by atoms with van der Waals surface area (Å²) in [6.45, 7) is -8.60. The van der Waals surface area contributed by atoms with Crippen LogP contribution in [0.3, 0.4) is 0 Å². The van der Waals surface area contributed by atoms with Crippen LogP contribution in [0.5, 0.6) is 0 Å². The topological polar surface area (TPSA) is 3.24 Å². The first-order chi connectivity index (χ1) is 49.7. The molecule has 2 aliphatic carbocycles. The van der Waals surface area contributed by atoms with Crippen molar-refractivity contribution in [3.63, 3.8) is 0 Å². The highest BCUT2D eigenvalue weighted by atomic mass is 15.1. The summed E-state index contributed by atoms with van der Waals surface area (Å²) in [4.78, 5) is 0.0144. The van der Waals surface area contributed by atoms with Gasteiger partial charge in [-0.3, -0.25) is 0 Å². The maximum absolute atomic E-state index is 11.2. The molecule has 1 nitrogen and oxygen atoms in total. The van der Waals surface area contributed by atoms with Crippen molar-refractivity contribution in [2.45, 2.75) is 24.5 Å². The average molecular weight is 849 g/mol. The van der Waals surface area contributed by atoms with E-state index in [0.717, 1.165) is 0 Å². The maximum Gasteiger partial charge on any atom is 0.0714 e. The summed E-state index contributed by atoms with van der Waals surface area (Å²) in [5.74, 6) is 0. The van der Waals surface area contributed by atoms with Crippen LogP contribution in [0.4, 0.5) is 17.1 Å². The normalized spacial score (nSPS) is 24.3. The van der Waals surface area contributed by atoms with Gasteiger partial charge in [0.15, 0.2) is 0 Å². The third-order valence-corrected chi connectivity index (χ3v) is 10.6. The van der Waals surface area contributed by atoms with Gasteiger partial charge in [0.1, 0.15) is 0 Å². The minimum atomic E-state index is -4.30. The summed E-state index contributed by atoms with van der Waals surface area (Å²) < 4.78 is 426. The summed E-state index contributed by atoms with van der Waals surface area (Å²) in [5, 5.41) is -2.38. The third-order valence-electron chi connectivity index (χ3n) is 10.6. The van der Waals surface area contributed by atoms with Gasteiger partial charge >= 0.3 is 0 Å². The number of hydrogen-bond acceptors (Lipinski definition) is 1. The fourth-order valence-electron chi connectivity index (χ4n) is 7.96. The Morgan fingerprint density at radius 2 is 0.937 bits per heavy atom. The van der Waals surface area contributed by atoms with Gasteiger partial charge in [0.05, 0.1) is 70.2 Å². The molecule has 0 saturated heterocycles. The predicted octanol–water partition coefficient (Wildman–Crippen LogP) is 16.3. The molecule has 0 radical (unpaired) electrons. The molecule has 298 valence electrons. The fraction of sp³-hybridized carbons (Fsp3) is 0.0645. The van der Waals surface area contributed by atoms with Gasteiger partial charge in [0, 0.05) is 30.5 Å². The van der Waals surface area contributed by atoms with Crippen molar-refractivity contribution in [3.05, 3.63) is 269 Å². The lowest BCUT2D eigenvalue weighted by Crippen LogP contribution is -2.28. The molecule has 0 spiro atoms. The third kappa shape index (κ3) is 5.56. The molecule has 0 aromatic heterocycles. The van der Waals surface area contributed by atoms with Gasteiger partial charge in [-0.1, -0.05) is 225 Å². The van der Waals surface area contributed by atoms with E-state index in [4.69, 9.17) is 21.9 Å². The first-order valence-electron chi connectivity index (χ1n) is 40.9. The Kier molecular flexibility index (Phi) is 3.01. The molecule has 1 heteroatoms. The predicted molar refractivity (Wildman–Crippen MR) is 264 cm³/mol. The lowest BCUT2D eigenvalue weighted by molar-refractivity contribution is 0.660. The highest BCUT2D eigenvalue weighted by Gasteiger charge is 2.46. The summed E-state index contributed by atoms with van der Waals surface area (Å²) in [6, 6.07) is -54.8. The Morgan fingerprint density at radius 3 is 1.67 bits per heavy atom. The van der Waals surface area contributed by atoms with E-state index in [0.29, 0.717) is 0 Å². The molecule has 0 fully saturated rings. The van der Waals surface area contributed by atoms with E-state index in [1.807, 2.05) is 0 Å². The van der Waals surface area contributed by atoms with E-state index < -0.39 is 366 Å². The van der Waals surface area contributed by atoms with Crippen molar-refractivity contribution < 1.29 is 61.7 Å². The summed E-state index contributed by atoms with van der Waals surface area (Å²) in [6.07, 6.45) is 0. The lowest BCUT2D eigenvalue weighted by atomic mass is 9.67. The molecule has 0 bridgehead atoms. The van der Waals surface area contributed by atoms with Crippen LogP contribution in [0.2, 0.25) is 0 Å². The van der Waals surface area contributed by atoms with Crippen LogP contribution in [-0.4, -0.2) is 0 Å². The number of rotatable bonds is 7. The molecule has 0 N–H and O–H groups in total. The Morgan fingerprint density at radius 1 is 0.381 bits per heavy atom. The van der Waals surface area contributed by atoms with Gasteiger partial charge in [-0.2, -0.15) is 0 Å². The molecule has 0 atom stereocenters. The number of hydrogen-bond donors (Lipinski definition) is 0. The Hall–Kier alpha value is -7.74. The first-order valence-corrected chi connectivity index (χ1v) is 18.4. The van der Waals surface area contributed by atoms with E-state index in [9.17, 15) is 39.8 Å². The van der Waals surface area contributed by atoms with Crippen LogP contribution in [-0.2, 0) is 10.8 Å². The first kappa shape index (κ1) is 13.1. The van der Waals surface area contributed by atoms with Crippen LogP contribution >= 0.6 is 0 Å². The average Bonchev–Trinajstić information content (AvgIpc) is 1.48. The van der Waals surface area contributed by atoms with Crippen LogP contribution in [0.15, 0.2) is 236 Å². The highest BCUT2D eigenvalue weighted by molar-refractivity contribution is 6.07. The second kappa shape index (κ2) is 14.4. The van der Waals surface area contributed by atoms with Gasteiger partial charge in [0.2, 0.25) is 0 Å². The SMILES string of the molecule is [2H]c1c([2H])c([2H])c(-c2c([2H])c([2H])c(-c3c(N(c4c([2H])c([2H])c5c(c4[2H])C(c4c([2H])c([2H])c([2H])c([2H])c4[2H])(c4c([2H])c([2H])c([2H])c([2H])c4[2H])c4c([2H])c([2H])c([2H])c([2H])c4-5)c4c([2H])c([2H])c([2H])c5c4-c4c([2H])c([2H])c([2H])c([2H])c4C5(C([2H])([2H])[2H])C([2H])([2H])[2H])c([2H])c([2H])c4c([2H])c([2H])c([2H])c([2H])c34)c([2H])c2[2H])c([2H])c1[2H]. The molecule has 0 unspecified atom stereocenters. The molecule has 10 aromatic carbocycles. The van der Waals surface area contributed by atoms with Crippen molar-refractivity contribution in [2.24, 2.45) is 0 Å². The van der Waals surface area contributed by atoms with Crippen molar-refractivity contribution in [1.82, 2.24) is 0 Å². The molecule has 0 amide bonds. The van der Waals surface area contributed by atoms with Gasteiger partial charge in [-0.25, -0.2) is 0 Å². The zero-order valence-corrected chi connectivity index (χ0v) is 31.4. The maximum atomic E-state index is 11.2. The molecule has 0 aliphatic heterocycles. The van der Waals surface area contributed by atoms with Crippen molar-refractivity contribution in [2.75, 3.05) is 4.90 Å². The Labute approximate surface area is 433 Å². The van der Waals surface area contributed by atoms with Gasteiger partial charge < -0.3 is 4.90 Å². The van der Waals surface area contributed by atoms with Crippen LogP contribution in [0, 0.1) is 0 Å². The zero-order chi connectivity index (χ0) is 81.1. The van der Waals surface area contributed by atoms with Crippen LogP contribution in [0.25, 0.3) is 55.3 Å². The smallest absolute Gasteiger partial charge is 0.0714 e. The largest absolute Gasteiger partial charge is 0.309 e. The highest BCUT2D eigenvalue weighted by Crippen LogP contribution is 2.59. The molecule has 2 aliphatic rings. The quantitative estimate of drug-likeness (QED) is 0.154. The number of nitrogens with zero attached hydrogens (tertiary/aromatic N) is 1. The second-order valence-corrected chi connectivity index (χ2v) is 13.8. The van der Waals surface area contributed by atoms with Crippen molar-refractivity contribution >= 4 is 27.8 Å². The minimum absolute atomic E-state index is 0.0144. The molecule has 63 heavy (non-hydrogen) atoms. The fourth-order valence-corrected chi connectivity index (χ4v) is 7.96. The van der Waals surface area contributed by atoms with Crippen LogP contribution in [0.1, 0.15) is 109 Å².